The average molecular weight is 458 g/mol. The van der Waals surface area contributed by atoms with E-state index < -0.39 is 6.04 Å². The van der Waals surface area contributed by atoms with E-state index in [9.17, 15) is 9.59 Å². The van der Waals surface area contributed by atoms with E-state index in [1.54, 1.807) is 30.6 Å². The van der Waals surface area contributed by atoms with Crippen LogP contribution in [0.4, 0.5) is 0 Å². The van der Waals surface area contributed by atoms with Gasteiger partial charge < -0.3 is 15.6 Å². The lowest BCUT2D eigenvalue weighted by Crippen LogP contribution is -2.48. The van der Waals surface area contributed by atoms with Crippen molar-refractivity contribution in [2.45, 2.75) is 44.2 Å². The number of amides is 2. The van der Waals surface area contributed by atoms with E-state index in [0.29, 0.717) is 32.7 Å². The molecule has 0 spiro atoms. The van der Waals surface area contributed by atoms with Crippen LogP contribution in [0.1, 0.15) is 53.2 Å². The van der Waals surface area contributed by atoms with Gasteiger partial charge in [-0.1, -0.05) is 29.3 Å². The fourth-order valence-corrected chi connectivity index (χ4v) is 4.13. The van der Waals surface area contributed by atoms with Crippen molar-refractivity contribution in [2.75, 3.05) is 0 Å². The number of H-pyrrole nitrogens is 1. The molecule has 2 aliphatic carbocycles. The van der Waals surface area contributed by atoms with Crippen LogP contribution in [0.25, 0.3) is 11.2 Å². The molecule has 2 heterocycles. The van der Waals surface area contributed by atoms with Crippen LogP contribution in [0.2, 0.25) is 10.0 Å². The number of benzene rings is 1. The molecule has 0 aliphatic heterocycles. The Morgan fingerprint density at radius 3 is 2.71 bits per heavy atom. The molecule has 2 aromatic heterocycles. The molecule has 9 heteroatoms. The van der Waals surface area contributed by atoms with Gasteiger partial charge in [0.05, 0.1) is 17.5 Å². The third-order valence-corrected chi connectivity index (χ3v) is 6.36. The maximum Gasteiger partial charge on any atom is 0.255 e. The first-order valence-electron chi connectivity index (χ1n) is 10.4. The summed E-state index contributed by atoms with van der Waals surface area (Å²) < 4.78 is 0. The lowest BCUT2D eigenvalue weighted by molar-refractivity contribution is -0.123. The summed E-state index contributed by atoms with van der Waals surface area (Å²) in [6.45, 7) is 0.261. The Morgan fingerprint density at radius 1 is 1.19 bits per heavy atom. The molecule has 31 heavy (non-hydrogen) atoms. The number of carbonyl (C=O) groups excluding carboxylic acids is 2. The minimum Gasteiger partial charge on any atom is -0.350 e. The van der Waals surface area contributed by atoms with E-state index in [1.165, 1.54) is 0 Å². The van der Waals surface area contributed by atoms with E-state index >= 15 is 0 Å². The molecule has 1 aromatic carbocycles. The Kier molecular flexibility index (Phi) is 5.32. The van der Waals surface area contributed by atoms with Gasteiger partial charge in [-0.05, 0) is 49.3 Å². The summed E-state index contributed by atoms with van der Waals surface area (Å²) >= 11 is 12.1. The monoisotopic (exact) mass is 457 g/mol. The number of rotatable bonds is 7. The summed E-state index contributed by atoms with van der Waals surface area (Å²) in [7, 11) is 0. The number of aromatic nitrogens is 3. The van der Waals surface area contributed by atoms with Crippen molar-refractivity contribution in [1.82, 2.24) is 25.6 Å². The van der Waals surface area contributed by atoms with Crippen LogP contribution in [0.15, 0.2) is 30.6 Å². The molecule has 7 nitrogen and oxygen atoms in total. The minimum absolute atomic E-state index is 0.128. The number of nitrogens with zero attached hydrogens (tertiary/aromatic N) is 2. The molecule has 2 fully saturated rings. The van der Waals surface area contributed by atoms with Crippen LogP contribution in [0, 0.1) is 5.92 Å². The molecule has 2 aliphatic rings. The van der Waals surface area contributed by atoms with E-state index in [2.05, 4.69) is 25.6 Å². The highest BCUT2D eigenvalue weighted by Crippen LogP contribution is 2.39. The van der Waals surface area contributed by atoms with Crippen LogP contribution in [-0.4, -0.2) is 32.8 Å². The molecule has 2 saturated carbocycles. The number of halogens is 2. The predicted molar refractivity (Wildman–Crippen MR) is 118 cm³/mol. The molecule has 3 aromatic rings. The van der Waals surface area contributed by atoms with Gasteiger partial charge in [-0.2, -0.15) is 0 Å². The van der Waals surface area contributed by atoms with Crippen LogP contribution in [-0.2, 0) is 11.3 Å². The molecule has 3 N–H and O–H groups in total. The zero-order valence-corrected chi connectivity index (χ0v) is 18.1. The van der Waals surface area contributed by atoms with Crippen molar-refractivity contribution in [1.29, 1.82) is 0 Å². The topological polar surface area (TPSA) is 99.8 Å². The van der Waals surface area contributed by atoms with Crippen molar-refractivity contribution in [3.8, 4) is 0 Å². The molecule has 0 unspecified atom stereocenters. The highest BCUT2D eigenvalue weighted by molar-refractivity contribution is 6.35. The van der Waals surface area contributed by atoms with Gasteiger partial charge in [0.1, 0.15) is 11.6 Å². The molecule has 1 atom stereocenters. The van der Waals surface area contributed by atoms with Crippen LogP contribution >= 0.6 is 23.2 Å². The summed E-state index contributed by atoms with van der Waals surface area (Å²) in [6, 6.07) is 4.53. The van der Waals surface area contributed by atoms with Gasteiger partial charge in [-0.25, -0.2) is 9.97 Å². The molecule has 2 amide bonds. The van der Waals surface area contributed by atoms with E-state index in [4.69, 9.17) is 23.2 Å². The molecular weight excluding hydrogens is 437 g/mol. The Hall–Kier alpha value is -2.64. The van der Waals surface area contributed by atoms with Crippen molar-refractivity contribution >= 4 is 46.2 Å². The summed E-state index contributed by atoms with van der Waals surface area (Å²) in [5.74, 6) is 0.00637. The molecule has 0 radical (unpaired) electrons. The number of aromatic amines is 1. The van der Waals surface area contributed by atoms with Gasteiger partial charge in [-0.15, -0.1) is 0 Å². The number of carbonyl (C=O) groups is 2. The number of fused-ring (bicyclic) bond motifs is 1. The lowest BCUT2D eigenvalue weighted by Gasteiger charge is -2.18. The molecular formula is C22H21Cl2N5O2. The third-order valence-electron chi connectivity index (χ3n) is 5.77. The van der Waals surface area contributed by atoms with Gasteiger partial charge >= 0.3 is 0 Å². The van der Waals surface area contributed by atoms with Crippen molar-refractivity contribution in [3.63, 3.8) is 0 Å². The number of hydrogen-bond acceptors (Lipinski definition) is 4. The van der Waals surface area contributed by atoms with Gasteiger partial charge in [0, 0.05) is 28.7 Å². The van der Waals surface area contributed by atoms with Crippen LogP contribution in [0.3, 0.4) is 0 Å². The standard InChI is InChI=1S/C22H21Cl2N5O2/c23-14-6-5-13(16(24)7-14)8-27-22(31)18(12-3-4-12)29-21(30)15-9-25-20-19(15)28-17(10-26-20)11-1-2-11/h5-7,9-12,18H,1-4,8H2,(H,25,26)(H,27,31)(H,29,30)/t18-/m1/s1. The zero-order chi connectivity index (χ0) is 21.5. The van der Waals surface area contributed by atoms with E-state index in [1.807, 2.05) is 0 Å². The largest absolute Gasteiger partial charge is 0.350 e. The Morgan fingerprint density at radius 2 is 2.00 bits per heavy atom. The quantitative estimate of drug-likeness (QED) is 0.499. The van der Waals surface area contributed by atoms with Gasteiger partial charge in [0.25, 0.3) is 5.91 Å². The second-order valence-electron chi connectivity index (χ2n) is 8.21. The number of nitrogens with one attached hydrogen (secondary N) is 3. The Balaban J connectivity index is 1.30. The molecule has 5 rings (SSSR count). The minimum atomic E-state index is -0.608. The van der Waals surface area contributed by atoms with Crippen LogP contribution in [0.5, 0.6) is 0 Å². The summed E-state index contributed by atoms with van der Waals surface area (Å²) in [4.78, 5) is 37.9. The van der Waals surface area contributed by atoms with E-state index in [0.717, 1.165) is 36.9 Å². The third kappa shape index (κ3) is 4.38. The van der Waals surface area contributed by atoms with Gasteiger partial charge in [0.2, 0.25) is 5.91 Å². The summed E-state index contributed by atoms with van der Waals surface area (Å²) in [5, 5.41) is 6.81. The molecule has 0 saturated heterocycles. The lowest BCUT2D eigenvalue weighted by atomic mass is 10.1. The van der Waals surface area contributed by atoms with Gasteiger partial charge in [0.15, 0.2) is 5.65 Å². The van der Waals surface area contributed by atoms with Crippen LogP contribution < -0.4 is 10.6 Å². The van der Waals surface area contributed by atoms with Crippen molar-refractivity contribution < 1.29 is 9.59 Å². The smallest absolute Gasteiger partial charge is 0.255 e. The SMILES string of the molecule is O=C(N[C@@H](C(=O)NCc1ccc(Cl)cc1Cl)C1CC1)c1c[nH]c2ncc(C3CC3)nc12. The summed E-state index contributed by atoms with van der Waals surface area (Å²) in [5.41, 5.74) is 3.20. The average Bonchev–Trinajstić information content (AvgIpc) is 3.67. The van der Waals surface area contributed by atoms with E-state index in [-0.39, 0.29) is 24.3 Å². The Labute approximate surface area is 188 Å². The first-order valence-corrected chi connectivity index (χ1v) is 11.1. The second-order valence-corrected chi connectivity index (χ2v) is 9.05. The molecule has 0 bridgehead atoms. The first-order chi connectivity index (χ1) is 15.0. The van der Waals surface area contributed by atoms with Crippen molar-refractivity contribution in [2.24, 2.45) is 5.92 Å². The maximum atomic E-state index is 13.0. The first kappa shape index (κ1) is 20.3. The number of hydrogen-bond donors (Lipinski definition) is 3. The normalized spacial score (nSPS) is 16.8. The second kappa shape index (κ2) is 8.13. The van der Waals surface area contributed by atoms with Crippen molar-refractivity contribution in [3.05, 3.63) is 57.5 Å². The molecule has 160 valence electrons. The zero-order valence-electron chi connectivity index (χ0n) is 16.6. The fourth-order valence-electron chi connectivity index (χ4n) is 3.66. The highest BCUT2D eigenvalue weighted by Gasteiger charge is 2.38. The Bertz CT molecular complexity index is 1170. The maximum absolute atomic E-state index is 13.0. The predicted octanol–water partition coefficient (Wildman–Crippen LogP) is 3.97. The fraction of sp³-hybridized carbons (Fsp3) is 0.364. The highest BCUT2D eigenvalue weighted by atomic mass is 35.5. The summed E-state index contributed by atoms with van der Waals surface area (Å²) in [6.07, 6.45) is 7.38. The van der Waals surface area contributed by atoms with Gasteiger partial charge in [-0.3, -0.25) is 9.59 Å².